The van der Waals surface area contributed by atoms with Crippen LogP contribution in [-0.2, 0) is 0 Å². The smallest absolute Gasteiger partial charge is 0.172 e. The Balaban J connectivity index is 1.73. The van der Waals surface area contributed by atoms with Crippen LogP contribution in [0.1, 0.15) is 0 Å². The standard InChI is InChI=1S/C18H14BrCl2N5O/c19-14-9-23-26-17(22-8-11-2-1-5-25(27)10-11)7-16(24-18(14)26)13-4-3-12(20)6-15(13)21/h1-7,9,22,27H,8,10H2. The van der Waals surface area contributed by atoms with Crippen molar-refractivity contribution in [3.05, 3.63) is 68.9 Å². The molecule has 0 fully saturated rings. The summed E-state index contributed by atoms with van der Waals surface area (Å²) in [5, 5.41) is 19.6. The summed E-state index contributed by atoms with van der Waals surface area (Å²) in [6.07, 6.45) is 7.07. The van der Waals surface area contributed by atoms with Gasteiger partial charge in [-0.2, -0.15) is 9.61 Å². The SMILES string of the molecule is ON1C=CC=C(CNc2cc(-c3ccc(Cl)cc3Cl)nc3c(Br)cnn23)C1. The lowest BCUT2D eigenvalue weighted by Gasteiger charge is -2.19. The van der Waals surface area contributed by atoms with Gasteiger partial charge in [-0.25, -0.2) is 4.98 Å². The van der Waals surface area contributed by atoms with Crippen LogP contribution in [0.25, 0.3) is 16.9 Å². The van der Waals surface area contributed by atoms with Crippen LogP contribution in [0, 0.1) is 0 Å². The topological polar surface area (TPSA) is 65.7 Å². The van der Waals surface area contributed by atoms with Gasteiger partial charge in [0.05, 0.1) is 27.9 Å². The molecular formula is C18H14BrCl2N5O. The van der Waals surface area contributed by atoms with E-state index >= 15 is 0 Å². The van der Waals surface area contributed by atoms with Crippen LogP contribution in [0.3, 0.4) is 0 Å². The Morgan fingerprint density at radius 1 is 1.26 bits per heavy atom. The molecular weight excluding hydrogens is 453 g/mol. The van der Waals surface area contributed by atoms with E-state index in [1.165, 1.54) is 0 Å². The Bertz CT molecular complexity index is 1080. The Hall–Kier alpha value is -2.06. The fraction of sp³-hybridized carbons (Fsp3) is 0.111. The van der Waals surface area contributed by atoms with Crippen LogP contribution in [0.2, 0.25) is 10.0 Å². The number of hydroxylamine groups is 2. The van der Waals surface area contributed by atoms with Gasteiger partial charge in [0.1, 0.15) is 5.82 Å². The monoisotopic (exact) mass is 465 g/mol. The number of nitrogens with zero attached hydrogens (tertiary/aromatic N) is 4. The zero-order valence-corrected chi connectivity index (χ0v) is 17.0. The number of aromatic nitrogens is 3. The van der Waals surface area contributed by atoms with E-state index in [9.17, 15) is 5.21 Å². The summed E-state index contributed by atoms with van der Waals surface area (Å²) in [7, 11) is 0. The molecule has 9 heteroatoms. The van der Waals surface area contributed by atoms with Crippen molar-refractivity contribution in [2.24, 2.45) is 0 Å². The fourth-order valence-corrected chi connectivity index (χ4v) is 3.66. The second kappa shape index (κ2) is 7.52. The van der Waals surface area contributed by atoms with E-state index in [1.54, 1.807) is 35.1 Å². The van der Waals surface area contributed by atoms with E-state index in [-0.39, 0.29) is 0 Å². The molecule has 0 spiro atoms. The second-order valence-corrected chi connectivity index (χ2v) is 7.69. The second-order valence-electron chi connectivity index (χ2n) is 6.00. The maximum absolute atomic E-state index is 9.62. The van der Waals surface area contributed by atoms with Gasteiger partial charge in [-0.3, -0.25) is 10.3 Å². The van der Waals surface area contributed by atoms with E-state index in [0.29, 0.717) is 34.5 Å². The largest absolute Gasteiger partial charge is 0.366 e. The van der Waals surface area contributed by atoms with E-state index in [4.69, 9.17) is 23.2 Å². The minimum atomic E-state index is 0.441. The molecule has 1 aliphatic rings. The molecule has 0 saturated carbocycles. The Kier molecular flexibility index (Phi) is 5.10. The van der Waals surface area contributed by atoms with Crippen LogP contribution in [0.4, 0.5) is 5.82 Å². The fourth-order valence-electron chi connectivity index (χ4n) is 2.81. The third-order valence-corrected chi connectivity index (χ3v) is 5.19. The van der Waals surface area contributed by atoms with Crippen LogP contribution >= 0.6 is 39.1 Å². The van der Waals surface area contributed by atoms with Crippen molar-refractivity contribution in [3.63, 3.8) is 0 Å². The zero-order valence-electron chi connectivity index (χ0n) is 13.9. The maximum atomic E-state index is 9.62. The first kappa shape index (κ1) is 18.3. The molecule has 2 N–H and O–H groups in total. The summed E-state index contributed by atoms with van der Waals surface area (Å²) in [4.78, 5) is 4.68. The minimum Gasteiger partial charge on any atom is -0.366 e. The molecule has 0 atom stereocenters. The predicted molar refractivity (Wildman–Crippen MR) is 110 cm³/mol. The van der Waals surface area contributed by atoms with Crippen molar-refractivity contribution >= 4 is 50.6 Å². The van der Waals surface area contributed by atoms with E-state index in [0.717, 1.165) is 26.5 Å². The number of allylic oxidation sites excluding steroid dienone is 2. The van der Waals surface area contributed by atoms with Gasteiger partial charge < -0.3 is 5.32 Å². The molecule has 6 nitrogen and oxygen atoms in total. The molecule has 0 saturated heterocycles. The lowest BCUT2D eigenvalue weighted by molar-refractivity contribution is -0.0329. The summed E-state index contributed by atoms with van der Waals surface area (Å²) >= 11 is 15.9. The van der Waals surface area contributed by atoms with Crippen molar-refractivity contribution in [1.29, 1.82) is 0 Å². The zero-order chi connectivity index (χ0) is 19.0. The average molecular weight is 467 g/mol. The number of benzene rings is 1. The number of anilines is 1. The van der Waals surface area contributed by atoms with Gasteiger partial charge in [-0.05, 0) is 45.8 Å². The maximum Gasteiger partial charge on any atom is 0.172 e. The molecule has 0 amide bonds. The Morgan fingerprint density at radius 2 is 2.11 bits per heavy atom. The van der Waals surface area contributed by atoms with E-state index in [1.807, 2.05) is 18.2 Å². The number of hydrogen-bond donors (Lipinski definition) is 2. The van der Waals surface area contributed by atoms with Gasteiger partial charge in [0.15, 0.2) is 5.65 Å². The predicted octanol–water partition coefficient (Wildman–Crippen LogP) is 5.02. The molecule has 27 heavy (non-hydrogen) atoms. The summed E-state index contributed by atoms with van der Waals surface area (Å²) < 4.78 is 2.49. The van der Waals surface area contributed by atoms with Gasteiger partial charge in [0, 0.05) is 29.4 Å². The summed E-state index contributed by atoms with van der Waals surface area (Å²) in [6, 6.07) is 7.20. The van der Waals surface area contributed by atoms with Gasteiger partial charge in [-0.15, -0.1) is 0 Å². The molecule has 4 rings (SSSR count). The highest BCUT2D eigenvalue weighted by molar-refractivity contribution is 9.10. The highest BCUT2D eigenvalue weighted by Crippen LogP contribution is 2.32. The highest BCUT2D eigenvalue weighted by Gasteiger charge is 2.14. The highest BCUT2D eigenvalue weighted by atomic mass is 79.9. The third kappa shape index (κ3) is 3.82. The quantitative estimate of drug-likeness (QED) is 0.564. The Morgan fingerprint density at radius 3 is 2.89 bits per heavy atom. The van der Waals surface area contributed by atoms with Crippen molar-refractivity contribution in [2.75, 3.05) is 18.4 Å². The van der Waals surface area contributed by atoms with Gasteiger partial charge >= 0.3 is 0 Å². The number of halogens is 3. The number of fused-ring (bicyclic) bond motifs is 1. The number of nitrogens with one attached hydrogen (secondary N) is 1. The third-order valence-electron chi connectivity index (χ3n) is 4.09. The number of hydrogen-bond acceptors (Lipinski definition) is 5. The lowest BCUT2D eigenvalue weighted by atomic mass is 10.1. The van der Waals surface area contributed by atoms with Gasteiger partial charge in [-0.1, -0.05) is 29.3 Å². The summed E-state index contributed by atoms with van der Waals surface area (Å²) in [5.74, 6) is 0.756. The van der Waals surface area contributed by atoms with E-state index < -0.39 is 0 Å². The van der Waals surface area contributed by atoms with E-state index in [2.05, 4.69) is 31.3 Å². The molecule has 2 aromatic heterocycles. The molecule has 3 heterocycles. The first-order chi connectivity index (χ1) is 13.0. The number of rotatable bonds is 4. The Labute approximate surface area is 173 Å². The van der Waals surface area contributed by atoms with Crippen LogP contribution in [-0.4, -0.2) is 38.0 Å². The minimum absolute atomic E-state index is 0.441. The van der Waals surface area contributed by atoms with Crippen LogP contribution in [0.5, 0.6) is 0 Å². The summed E-state index contributed by atoms with van der Waals surface area (Å²) in [6.45, 7) is 0.988. The molecule has 0 bridgehead atoms. The van der Waals surface area contributed by atoms with Crippen LogP contribution < -0.4 is 5.32 Å². The lowest BCUT2D eigenvalue weighted by Crippen LogP contribution is -2.22. The normalized spacial score (nSPS) is 13.9. The van der Waals surface area contributed by atoms with Gasteiger partial charge in [0.25, 0.3) is 0 Å². The molecule has 1 aromatic carbocycles. The van der Waals surface area contributed by atoms with Crippen molar-refractivity contribution in [3.8, 4) is 11.3 Å². The van der Waals surface area contributed by atoms with Crippen molar-refractivity contribution in [1.82, 2.24) is 19.7 Å². The first-order valence-electron chi connectivity index (χ1n) is 8.06. The van der Waals surface area contributed by atoms with Crippen molar-refractivity contribution < 1.29 is 5.21 Å². The molecule has 1 aliphatic heterocycles. The van der Waals surface area contributed by atoms with Crippen LogP contribution in [0.15, 0.2) is 58.9 Å². The molecule has 138 valence electrons. The van der Waals surface area contributed by atoms with Crippen molar-refractivity contribution in [2.45, 2.75) is 0 Å². The molecule has 0 aliphatic carbocycles. The molecule has 3 aromatic rings. The first-order valence-corrected chi connectivity index (χ1v) is 9.61. The molecule has 0 radical (unpaired) electrons. The average Bonchev–Trinajstić information content (AvgIpc) is 3.01. The molecule has 0 unspecified atom stereocenters. The van der Waals surface area contributed by atoms with Gasteiger partial charge in [0.2, 0.25) is 0 Å². The summed E-state index contributed by atoms with van der Waals surface area (Å²) in [5.41, 5.74) is 3.18.